The summed E-state index contributed by atoms with van der Waals surface area (Å²) in [5, 5.41) is 8.98. The van der Waals surface area contributed by atoms with Crippen molar-refractivity contribution in [3.8, 4) is 5.69 Å². The minimum Gasteiger partial charge on any atom is -0.376 e. The number of nitrogens with zero attached hydrogens (tertiary/aromatic N) is 4. The van der Waals surface area contributed by atoms with Crippen molar-refractivity contribution in [2.45, 2.75) is 38.3 Å². The molecule has 1 aliphatic rings. The highest BCUT2D eigenvalue weighted by Gasteiger charge is 2.25. The largest absolute Gasteiger partial charge is 0.376 e. The van der Waals surface area contributed by atoms with Gasteiger partial charge in [0.25, 0.3) is 0 Å². The van der Waals surface area contributed by atoms with Gasteiger partial charge in [-0.2, -0.15) is 5.10 Å². The summed E-state index contributed by atoms with van der Waals surface area (Å²) in [5.41, 5.74) is 1.80. The number of fused-ring (bicyclic) bond motifs is 1. The lowest BCUT2D eigenvalue weighted by molar-refractivity contribution is 0.0943. The molecule has 1 saturated heterocycles. The van der Waals surface area contributed by atoms with Crippen LogP contribution in [0.4, 0.5) is 5.82 Å². The Balaban J connectivity index is 1.68. The molecule has 1 aromatic carbocycles. The fourth-order valence-electron chi connectivity index (χ4n) is 3.27. The molecule has 124 valence electrons. The van der Waals surface area contributed by atoms with E-state index < -0.39 is 0 Å². The van der Waals surface area contributed by atoms with Crippen LogP contribution in [-0.4, -0.2) is 38.5 Å². The molecular weight excluding hydrogens is 302 g/mol. The van der Waals surface area contributed by atoms with E-state index in [1.54, 1.807) is 6.33 Å². The molecular formula is C18H21N5O. The number of hydrogen-bond donors (Lipinski definition) is 1. The quantitative estimate of drug-likeness (QED) is 0.781. The molecule has 0 radical (unpaired) electrons. The Kier molecular flexibility index (Phi) is 4.13. The molecule has 24 heavy (non-hydrogen) atoms. The van der Waals surface area contributed by atoms with Crippen molar-refractivity contribution in [1.29, 1.82) is 0 Å². The van der Waals surface area contributed by atoms with E-state index in [2.05, 4.69) is 27.3 Å². The normalized spacial score (nSPS) is 18.8. The van der Waals surface area contributed by atoms with E-state index in [1.165, 1.54) is 0 Å². The summed E-state index contributed by atoms with van der Waals surface area (Å²) >= 11 is 0. The minimum absolute atomic E-state index is 0.254. The molecule has 1 N–H and O–H groups in total. The summed E-state index contributed by atoms with van der Waals surface area (Å²) < 4.78 is 7.68. The second-order valence-corrected chi connectivity index (χ2v) is 6.06. The third kappa shape index (κ3) is 2.73. The topological polar surface area (TPSA) is 64.9 Å². The van der Waals surface area contributed by atoms with Crippen LogP contribution in [0.1, 0.15) is 26.2 Å². The van der Waals surface area contributed by atoms with E-state index in [4.69, 9.17) is 4.74 Å². The maximum Gasteiger partial charge on any atom is 0.168 e. The number of aromatic nitrogens is 4. The first kappa shape index (κ1) is 15.1. The SMILES string of the molecule is CCC(Nc1ncnc2c1cnn2-c1ccccc1)C1CCCO1. The van der Waals surface area contributed by atoms with Gasteiger partial charge in [-0.15, -0.1) is 0 Å². The summed E-state index contributed by atoms with van der Waals surface area (Å²) in [5.74, 6) is 0.824. The van der Waals surface area contributed by atoms with Crippen molar-refractivity contribution in [2.75, 3.05) is 11.9 Å². The van der Waals surface area contributed by atoms with E-state index in [1.807, 2.05) is 41.2 Å². The van der Waals surface area contributed by atoms with Gasteiger partial charge in [-0.05, 0) is 31.4 Å². The lowest BCUT2D eigenvalue weighted by atomic mass is 10.1. The number of rotatable bonds is 5. The predicted molar refractivity (Wildman–Crippen MR) is 93.3 cm³/mol. The summed E-state index contributed by atoms with van der Waals surface area (Å²) in [7, 11) is 0. The molecule has 1 aliphatic heterocycles. The Labute approximate surface area is 140 Å². The summed E-state index contributed by atoms with van der Waals surface area (Å²) in [6.07, 6.45) is 6.89. The Morgan fingerprint density at radius 3 is 2.92 bits per heavy atom. The zero-order valence-corrected chi connectivity index (χ0v) is 13.7. The van der Waals surface area contributed by atoms with E-state index in [0.29, 0.717) is 0 Å². The van der Waals surface area contributed by atoms with Crippen LogP contribution in [0, 0.1) is 0 Å². The Hall–Kier alpha value is -2.47. The average Bonchev–Trinajstić information content (AvgIpc) is 3.30. The number of benzene rings is 1. The van der Waals surface area contributed by atoms with Gasteiger partial charge in [-0.1, -0.05) is 25.1 Å². The highest BCUT2D eigenvalue weighted by atomic mass is 16.5. The second kappa shape index (κ2) is 6.57. The summed E-state index contributed by atoms with van der Waals surface area (Å²) in [6.45, 7) is 3.03. The highest BCUT2D eigenvalue weighted by Crippen LogP contribution is 2.25. The van der Waals surface area contributed by atoms with Gasteiger partial charge >= 0.3 is 0 Å². The third-order valence-corrected chi connectivity index (χ3v) is 4.54. The second-order valence-electron chi connectivity index (χ2n) is 6.06. The van der Waals surface area contributed by atoms with Crippen molar-refractivity contribution in [3.63, 3.8) is 0 Å². The van der Waals surface area contributed by atoms with Gasteiger partial charge in [0.05, 0.1) is 29.4 Å². The van der Waals surface area contributed by atoms with E-state index >= 15 is 0 Å². The first-order chi connectivity index (χ1) is 11.9. The molecule has 0 amide bonds. The van der Waals surface area contributed by atoms with Crippen LogP contribution >= 0.6 is 0 Å². The lowest BCUT2D eigenvalue weighted by Gasteiger charge is -2.23. The van der Waals surface area contributed by atoms with Crippen LogP contribution in [0.2, 0.25) is 0 Å². The van der Waals surface area contributed by atoms with Crippen molar-refractivity contribution in [1.82, 2.24) is 19.7 Å². The van der Waals surface area contributed by atoms with Gasteiger partial charge < -0.3 is 10.1 Å². The first-order valence-corrected chi connectivity index (χ1v) is 8.49. The zero-order chi connectivity index (χ0) is 16.4. The van der Waals surface area contributed by atoms with Crippen molar-refractivity contribution in [2.24, 2.45) is 0 Å². The molecule has 1 fully saturated rings. The van der Waals surface area contributed by atoms with Gasteiger partial charge in [-0.25, -0.2) is 14.6 Å². The van der Waals surface area contributed by atoms with Crippen molar-refractivity contribution >= 4 is 16.9 Å². The Morgan fingerprint density at radius 2 is 2.17 bits per heavy atom. The molecule has 3 aromatic rings. The standard InChI is InChI=1S/C18H21N5O/c1-2-15(16-9-6-10-24-16)22-17-14-11-21-23(18(14)20-12-19-17)13-7-4-3-5-8-13/h3-5,7-8,11-12,15-16H,2,6,9-10H2,1H3,(H,19,20,22). The number of anilines is 1. The van der Waals surface area contributed by atoms with Gasteiger partial charge in [0.15, 0.2) is 5.65 Å². The van der Waals surface area contributed by atoms with Crippen molar-refractivity contribution < 1.29 is 4.74 Å². The van der Waals surface area contributed by atoms with E-state index in [0.717, 1.165) is 48.4 Å². The maximum absolute atomic E-state index is 5.84. The fraction of sp³-hybridized carbons (Fsp3) is 0.389. The summed E-state index contributed by atoms with van der Waals surface area (Å²) in [4.78, 5) is 8.87. The van der Waals surface area contributed by atoms with Gasteiger partial charge in [-0.3, -0.25) is 0 Å². The molecule has 0 spiro atoms. The Morgan fingerprint density at radius 1 is 1.29 bits per heavy atom. The van der Waals surface area contributed by atoms with E-state index in [-0.39, 0.29) is 12.1 Å². The van der Waals surface area contributed by atoms with Gasteiger partial charge in [0, 0.05) is 6.61 Å². The van der Waals surface area contributed by atoms with Gasteiger partial charge in [0.2, 0.25) is 0 Å². The number of nitrogens with one attached hydrogen (secondary N) is 1. The van der Waals surface area contributed by atoms with Crippen LogP contribution in [-0.2, 0) is 4.74 Å². The molecule has 6 nitrogen and oxygen atoms in total. The highest BCUT2D eigenvalue weighted by molar-refractivity contribution is 5.87. The third-order valence-electron chi connectivity index (χ3n) is 4.54. The molecule has 0 bridgehead atoms. The van der Waals surface area contributed by atoms with Crippen molar-refractivity contribution in [3.05, 3.63) is 42.9 Å². The monoisotopic (exact) mass is 323 g/mol. The average molecular weight is 323 g/mol. The van der Waals surface area contributed by atoms with Crippen LogP contribution in [0.5, 0.6) is 0 Å². The smallest absolute Gasteiger partial charge is 0.168 e. The number of ether oxygens (including phenoxy) is 1. The molecule has 2 atom stereocenters. The van der Waals surface area contributed by atoms with Crippen LogP contribution in [0.15, 0.2) is 42.9 Å². The van der Waals surface area contributed by atoms with E-state index in [9.17, 15) is 0 Å². The number of para-hydroxylation sites is 1. The summed E-state index contributed by atoms with van der Waals surface area (Å²) in [6, 6.07) is 10.3. The maximum atomic E-state index is 5.84. The van der Waals surface area contributed by atoms with Gasteiger partial charge in [0.1, 0.15) is 12.1 Å². The van der Waals surface area contributed by atoms with Crippen LogP contribution in [0.25, 0.3) is 16.7 Å². The predicted octanol–water partition coefficient (Wildman–Crippen LogP) is 3.19. The lowest BCUT2D eigenvalue weighted by Crippen LogP contribution is -2.32. The molecule has 6 heteroatoms. The molecule has 2 aromatic heterocycles. The first-order valence-electron chi connectivity index (χ1n) is 8.49. The van der Waals surface area contributed by atoms with Crippen LogP contribution in [0.3, 0.4) is 0 Å². The Bertz CT molecular complexity index is 811. The fourth-order valence-corrected chi connectivity index (χ4v) is 3.27. The molecule has 0 saturated carbocycles. The molecule has 4 rings (SSSR count). The zero-order valence-electron chi connectivity index (χ0n) is 13.7. The minimum atomic E-state index is 0.254. The molecule has 3 heterocycles. The molecule has 2 unspecified atom stereocenters. The number of hydrogen-bond acceptors (Lipinski definition) is 5. The van der Waals surface area contributed by atoms with Crippen LogP contribution < -0.4 is 5.32 Å². The molecule has 0 aliphatic carbocycles.